The summed E-state index contributed by atoms with van der Waals surface area (Å²) in [6.45, 7) is 2.14. The first-order valence-corrected chi connectivity index (χ1v) is 10.2. The second-order valence-corrected chi connectivity index (χ2v) is 8.13. The Kier molecular flexibility index (Phi) is 4.63. The van der Waals surface area contributed by atoms with E-state index < -0.39 is 0 Å². The zero-order chi connectivity index (χ0) is 17.2. The Morgan fingerprint density at radius 3 is 2.80 bits per heavy atom. The Labute approximate surface area is 153 Å². The number of aromatic nitrogens is 4. The molecule has 0 bridgehead atoms. The van der Waals surface area contributed by atoms with Crippen LogP contribution in [0.5, 0.6) is 0 Å². The number of nitrogens with one attached hydrogen (secondary N) is 1. The first kappa shape index (κ1) is 16.4. The Bertz CT molecular complexity index is 864. The summed E-state index contributed by atoms with van der Waals surface area (Å²) in [7, 11) is 0. The van der Waals surface area contributed by atoms with Crippen molar-refractivity contribution in [2.75, 3.05) is 5.32 Å². The predicted molar refractivity (Wildman–Crippen MR) is 99.9 cm³/mol. The van der Waals surface area contributed by atoms with Crippen molar-refractivity contribution in [2.45, 2.75) is 44.9 Å². The zero-order valence-corrected chi connectivity index (χ0v) is 15.6. The van der Waals surface area contributed by atoms with Crippen molar-refractivity contribution < 1.29 is 4.79 Å². The number of unbranched alkanes of at least 4 members (excludes halogenated alkanes) is 1. The lowest BCUT2D eigenvalue weighted by Crippen LogP contribution is -2.12. The van der Waals surface area contributed by atoms with E-state index in [0.717, 1.165) is 35.1 Å². The number of nitrogens with zero attached hydrogens (tertiary/aromatic N) is 4. The van der Waals surface area contributed by atoms with E-state index in [2.05, 4.69) is 27.4 Å². The van der Waals surface area contributed by atoms with Gasteiger partial charge in [-0.15, -0.1) is 10.2 Å². The quantitative estimate of drug-likeness (QED) is 0.672. The second kappa shape index (κ2) is 7.05. The zero-order valence-electron chi connectivity index (χ0n) is 13.9. The van der Waals surface area contributed by atoms with E-state index in [9.17, 15) is 4.79 Å². The fourth-order valence-corrected chi connectivity index (χ4v) is 4.42. The molecular formula is C17H19N5OS2. The van der Waals surface area contributed by atoms with Crippen LogP contribution in [0.15, 0.2) is 24.5 Å². The van der Waals surface area contributed by atoms with Crippen molar-refractivity contribution in [3.05, 3.63) is 40.1 Å². The van der Waals surface area contributed by atoms with E-state index in [1.807, 2.05) is 29.1 Å². The molecule has 3 aromatic rings. The number of hydrogen-bond donors (Lipinski definition) is 1. The van der Waals surface area contributed by atoms with E-state index in [-0.39, 0.29) is 5.91 Å². The van der Waals surface area contributed by atoms with E-state index in [0.29, 0.717) is 15.9 Å². The van der Waals surface area contributed by atoms with Gasteiger partial charge in [0, 0.05) is 18.3 Å². The van der Waals surface area contributed by atoms with Crippen LogP contribution in [0, 0.1) is 0 Å². The van der Waals surface area contributed by atoms with Crippen molar-refractivity contribution >= 4 is 33.7 Å². The third-order valence-electron chi connectivity index (χ3n) is 4.07. The Balaban J connectivity index is 1.56. The van der Waals surface area contributed by atoms with Crippen LogP contribution in [-0.4, -0.2) is 25.7 Å². The molecule has 1 amide bonds. The van der Waals surface area contributed by atoms with E-state index in [4.69, 9.17) is 0 Å². The molecule has 6 nitrogen and oxygen atoms in total. The second-order valence-electron chi connectivity index (χ2n) is 6.14. The molecule has 8 heteroatoms. The summed E-state index contributed by atoms with van der Waals surface area (Å²) in [6.07, 6.45) is 9.13. The Morgan fingerprint density at radius 1 is 1.28 bits per heavy atom. The summed E-state index contributed by atoms with van der Waals surface area (Å²) in [5, 5.41) is 13.6. The maximum atomic E-state index is 12.8. The largest absolute Gasteiger partial charge is 0.300 e. The van der Waals surface area contributed by atoms with Crippen molar-refractivity contribution in [3.63, 3.8) is 0 Å². The van der Waals surface area contributed by atoms with Crippen LogP contribution in [0.25, 0.3) is 5.13 Å². The third-order valence-corrected chi connectivity index (χ3v) is 6.18. The van der Waals surface area contributed by atoms with Gasteiger partial charge in [-0.1, -0.05) is 36.0 Å². The van der Waals surface area contributed by atoms with Crippen LogP contribution >= 0.6 is 22.7 Å². The van der Waals surface area contributed by atoms with Gasteiger partial charge in [-0.05, 0) is 37.8 Å². The molecule has 1 N–H and O–H groups in total. The van der Waals surface area contributed by atoms with Gasteiger partial charge in [0.15, 0.2) is 5.13 Å². The molecule has 4 rings (SSSR count). The molecule has 0 atom stereocenters. The molecule has 1 fully saturated rings. The van der Waals surface area contributed by atoms with Gasteiger partial charge >= 0.3 is 0 Å². The molecular weight excluding hydrogens is 354 g/mol. The molecule has 0 saturated heterocycles. The van der Waals surface area contributed by atoms with Gasteiger partial charge in [0.05, 0.1) is 5.69 Å². The summed E-state index contributed by atoms with van der Waals surface area (Å²) in [5.41, 5.74) is 0.861. The summed E-state index contributed by atoms with van der Waals surface area (Å²) in [5.74, 6) is 0.410. The predicted octanol–water partition coefficient (Wildman–Crippen LogP) is 4.26. The fourth-order valence-electron chi connectivity index (χ4n) is 2.54. The molecule has 0 radical (unpaired) electrons. The van der Waals surface area contributed by atoms with Gasteiger partial charge in [0.2, 0.25) is 5.13 Å². The number of carbonyl (C=O) groups excluding carboxylic acids is 1. The van der Waals surface area contributed by atoms with E-state index in [1.165, 1.54) is 35.5 Å². The lowest BCUT2D eigenvalue weighted by molar-refractivity contribution is 0.102. The summed E-state index contributed by atoms with van der Waals surface area (Å²) in [6, 6.07) is 3.90. The monoisotopic (exact) mass is 373 g/mol. The van der Waals surface area contributed by atoms with Gasteiger partial charge in [0.1, 0.15) is 9.88 Å². The number of rotatable bonds is 7. The molecule has 3 aromatic heterocycles. The minimum atomic E-state index is -0.138. The molecule has 130 valence electrons. The van der Waals surface area contributed by atoms with Crippen LogP contribution in [0.2, 0.25) is 0 Å². The maximum absolute atomic E-state index is 12.8. The van der Waals surface area contributed by atoms with E-state index in [1.54, 1.807) is 0 Å². The molecule has 25 heavy (non-hydrogen) atoms. The number of amides is 1. The lowest BCUT2D eigenvalue weighted by Gasteiger charge is -2.01. The average Bonchev–Trinajstić information content (AvgIpc) is 3.05. The molecule has 0 spiro atoms. The smallest absolute Gasteiger partial charge is 0.269 e. The van der Waals surface area contributed by atoms with Crippen molar-refractivity contribution in [1.82, 2.24) is 19.7 Å². The molecule has 0 aliphatic heterocycles. The van der Waals surface area contributed by atoms with Crippen LogP contribution < -0.4 is 5.32 Å². The highest BCUT2D eigenvalue weighted by atomic mass is 32.1. The first-order chi connectivity index (χ1) is 12.2. The summed E-state index contributed by atoms with van der Waals surface area (Å²) in [4.78, 5) is 18.1. The highest BCUT2D eigenvalue weighted by Gasteiger charge is 2.28. The molecule has 3 heterocycles. The van der Waals surface area contributed by atoms with Crippen molar-refractivity contribution in [3.8, 4) is 5.13 Å². The SMILES string of the molecule is CCCCc1nc(-n2cccc2)sc1C(=O)Nc1nnc(C2CC2)s1. The minimum Gasteiger partial charge on any atom is -0.300 e. The van der Waals surface area contributed by atoms with Crippen LogP contribution in [0.1, 0.15) is 58.9 Å². The van der Waals surface area contributed by atoms with Gasteiger partial charge in [0.25, 0.3) is 5.91 Å². The lowest BCUT2D eigenvalue weighted by atomic mass is 10.2. The van der Waals surface area contributed by atoms with Gasteiger partial charge in [-0.3, -0.25) is 10.1 Å². The van der Waals surface area contributed by atoms with Gasteiger partial charge in [-0.2, -0.15) is 0 Å². The summed E-state index contributed by atoms with van der Waals surface area (Å²) >= 11 is 2.90. The third kappa shape index (κ3) is 3.64. The Hall–Kier alpha value is -2.06. The normalized spacial score (nSPS) is 14.0. The molecule has 0 aromatic carbocycles. The number of anilines is 1. The molecule has 1 saturated carbocycles. The van der Waals surface area contributed by atoms with Crippen LogP contribution in [0.4, 0.5) is 5.13 Å². The standard InChI is InChI=1S/C17H19N5OS2/c1-2-3-6-12-13(24-17(18-12)22-9-4-5-10-22)14(23)19-16-21-20-15(25-16)11-7-8-11/h4-5,9-11H,2-3,6-8H2,1H3,(H,19,21,23). The first-order valence-electron chi connectivity index (χ1n) is 8.52. The van der Waals surface area contributed by atoms with E-state index >= 15 is 0 Å². The average molecular weight is 374 g/mol. The fraction of sp³-hybridized carbons (Fsp3) is 0.412. The molecule has 1 aliphatic carbocycles. The number of aryl methyl sites for hydroxylation is 1. The molecule has 0 unspecified atom stereocenters. The number of thiazole rings is 1. The summed E-state index contributed by atoms with van der Waals surface area (Å²) < 4.78 is 1.94. The highest BCUT2D eigenvalue weighted by Crippen LogP contribution is 2.42. The van der Waals surface area contributed by atoms with Crippen molar-refractivity contribution in [1.29, 1.82) is 0 Å². The Morgan fingerprint density at radius 2 is 2.08 bits per heavy atom. The van der Waals surface area contributed by atoms with Crippen LogP contribution in [-0.2, 0) is 6.42 Å². The van der Waals surface area contributed by atoms with Crippen LogP contribution in [0.3, 0.4) is 0 Å². The molecule has 1 aliphatic rings. The maximum Gasteiger partial charge on any atom is 0.269 e. The number of hydrogen-bond acceptors (Lipinski definition) is 6. The topological polar surface area (TPSA) is 72.7 Å². The highest BCUT2D eigenvalue weighted by molar-refractivity contribution is 7.17. The number of carbonyl (C=O) groups is 1. The van der Waals surface area contributed by atoms with Gasteiger partial charge in [-0.25, -0.2) is 4.98 Å². The van der Waals surface area contributed by atoms with Gasteiger partial charge < -0.3 is 4.57 Å². The van der Waals surface area contributed by atoms with Crippen molar-refractivity contribution in [2.24, 2.45) is 0 Å². The minimum absolute atomic E-state index is 0.138.